The number of nitrogens with one attached hydrogen (secondary N) is 1. The smallest absolute Gasteiger partial charge is 0.381 e. The molecule has 3 rings (SSSR count). The molecule has 0 bridgehead atoms. The second-order valence-electron chi connectivity index (χ2n) is 5.85. The van der Waals surface area contributed by atoms with Crippen LogP contribution in [0.3, 0.4) is 0 Å². The zero-order valence-electron chi connectivity index (χ0n) is 13.1. The fourth-order valence-corrected chi connectivity index (χ4v) is 4.81. The summed E-state index contributed by atoms with van der Waals surface area (Å²) in [5.41, 5.74) is 0.694. The summed E-state index contributed by atoms with van der Waals surface area (Å²) in [7, 11) is -0.721. The van der Waals surface area contributed by atoms with Gasteiger partial charge in [0.15, 0.2) is 7.05 Å². The van der Waals surface area contributed by atoms with E-state index in [9.17, 15) is 18.0 Å². The fourth-order valence-electron chi connectivity index (χ4n) is 3.02. The lowest BCUT2D eigenvalue weighted by Gasteiger charge is -2.18. The Morgan fingerprint density at radius 3 is 2.43 bits per heavy atom. The van der Waals surface area contributed by atoms with Crippen LogP contribution in [0.2, 0.25) is 0 Å². The molecule has 1 saturated carbocycles. The summed E-state index contributed by atoms with van der Waals surface area (Å²) >= 11 is 0. The lowest BCUT2D eigenvalue weighted by atomic mass is 10.2. The lowest BCUT2D eigenvalue weighted by Crippen LogP contribution is -2.71. The van der Waals surface area contributed by atoms with E-state index in [-0.39, 0.29) is 24.5 Å². The first-order chi connectivity index (χ1) is 10.7. The van der Waals surface area contributed by atoms with Crippen LogP contribution in [0.4, 0.5) is 0 Å². The second kappa shape index (κ2) is 4.95. The van der Waals surface area contributed by atoms with Crippen molar-refractivity contribution in [2.24, 2.45) is 5.10 Å². The van der Waals surface area contributed by atoms with Crippen LogP contribution < -0.4 is 5.10 Å². The first-order valence-electron chi connectivity index (χ1n) is 7.25. The van der Waals surface area contributed by atoms with E-state index in [2.05, 4.69) is 10.2 Å². The molecule has 9 nitrogen and oxygen atoms in total. The van der Waals surface area contributed by atoms with Gasteiger partial charge in [0.2, 0.25) is 14.8 Å². The maximum Gasteiger partial charge on any atom is 0.381 e. The maximum absolute atomic E-state index is 12.6. The molecule has 0 unspecified atom stereocenters. The van der Waals surface area contributed by atoms with Gasteiger partial charge >= 0.3 is 22.6 Å². The van der Waals surface area contributed by atoms with E-state index < -0.39 is 25.8 Å². The minimum Gasteiger partial charge on any atom is -0.437 e. The van der Waals surface area contributed by atoms with Gasteiger partial charge in [-0.25, -0.2) is 13.2 Å². The number of hydrazine groups is 1. The van der Waals surface area contributed by atoms with E-state index in [1.54, 1.807) is 25.7 Å². The average molecular weight is 342 g/mol. The minimum atomic E-state index is -3.98. The van der Waals surface area contributed by atoms with E-state index in [4.69, 9.17) is 4.74 Å². The summed E-state index contributed by atoms with van der Waals surface area (Å²) < 4.78 is 31.9. The third-order valence-electron chi connectivity index (χ3n) is 4.64. The monoisotopic (exact) mass is 342 g/mol. The van der Waals surface area contributed by atoms with Crippen molar-refractivity contribution in [2.75, 3.05) is 14.1 Å². The summed E-state index contributed by atoms with van der Waals surface area (Å²) in [6.07, 6.45) is 1.94. The number of nitrogens with zero attached hydrogens (tertiary/aromatic N) is 3. The second-order valence-corrected chi connectivity index (χ2v) is 7.99. The summed E-state index contributed by atoms with van der Waals surface area (Å²) in [6, 6.07) is 0. The molecule has 0 atom stereocenters. The maximum atomic E-state index is 12.6. The number of esters is 1. The highest BCUT2D eigenvalue weighted by molar-refractivity contribution is 8.09. The lowest BCUT2D eigenvalue weighted by molar-refractivity contribution is -0.635. The average Bonchev–Trinajstić information content (AvgIpc) is 3.08. The van der Waals surface area contributed by atoms with Gasteiger partial charge in [-0.2, -0.15) is 0 Å². The van der Waals surface area contributed by atoms with Crippen molar-refractivity contribution in [1.82, 2.24) is 5.01 Å². The van der Waals surface area contributed by atoms with Crippen LogP contribution >= 0.6 is 0 Å². The molecule has 1 spiro atoms. The van der Waals surface area contributed by atoms with Crippen molar-refractivity contribution in [1.29, 1.82) is 0 Å². The molecule has 10 heteroatoms. The molecule has 0 radical (unpaired) electrons. The van der Waals surface area contributed by atoms with Crippen molar-refractivity contribution < 1.29 is 32.5 Å². The molecular formula is C13H18N4O5S+2. The highest BCUT2D eigenvalue weighted by Crippen LogP contribution is 2.42. The molecule has 1 aliphatic carbocycles. The van der Waals surface area contributed by atoms with E-state index in [1.807, 2.05) is 0 Å². The van der Waals surface area contributed by atoms with Gasteiger partial charge in [-0.3, -0.25) is 4.79 Å². The van der Waals surface area contributed by atoms with E-state index in [1.165, 1.54) is 5.01 Å². The van der Waals surface area contributed by atoms with Gasteiger partial charge < -0.3 is 4.74 Å². The zero-order valence-corrected chi connectivity index (χ0v) is 13.9. The Balaban J connectivity index is 2.03. The Hall–Kier alpha value is -2.10. The Bertz CT molecular complexity index is 802. The van der Waals surface area contributed by atoms with Gasteiger partial charge in [0.1, 0.15) is 0 Å². The van der Waals surface area contributed by atoms with Crippen molar-refractivity contribution in [2.45, 2.75) is 37.5 Å². The SMILES string of the molecule is CC1=[N+](C)N(C)C(=O)C1=[NH+]N=C1C(=O)OC2(CCCC2)S1(=O)=O. The molecular weight excluding hydrogens is 324 g/mol. The standard InChI is InChI=1S/C13H17N4O5S/c1-8-9(11(18)17(3)16(8)2)14-15-10-12(19)22-13(23(10,20)21)6-4-5-7-13/h4-7H2,1-3H3/q+1/p+1. The van der Waals surface area contributed by atoms with Crippen LogP contribution in [0.5, 0.6) is 0 Å². The first-order valence-corrected chi connectivity index (χ1v) is 8.74. The van der Waals surface area contributed by atoms with Crippen molar-refractivity contribution in [3.63, 3.8) is 0 Å². The largest absolute Gasteiger partial charge is 0.437 e. The van der Waals surface area contributed by atoms with Crippen LogP contribution in [0.25, 0.3) is 0 Å². The summed E-state index contributed by atoms with van der Waals surface area (Å²) in [5, 5.41) is 6.81. The summed E-state index contributed by atoms with van der Waals surface area (Å²) in [5.74, 6) is -1.33. The van der Waals surface area contributed by atoms with Crippen LogP contribution in [0.15, 0.2) is 5.10 Å². The van der Waals surface area contributed by atoms with Gasteiger partial charge in [-0.1, -0.05) is 5.10 Å². The third kappa shape index (κ3) is 2.04. The van der Waals surface area contributed by atoms with Gasteiger partial charge in [-0.05, 0) is 12.8 Å². The van der Waals surface area contributed by atoms with Gasteiger partial charge in [0, 0.05) is 24.9 Å². The number of rotatable bonds is 1. The zero-order chi connectivity index (χ0) is 17.0. The third-order valence-corrected chi connectivity index (χ3v) is 6.88. The molecule has 2 heterocycles. The molecule has 1 N–H and O–H groups in total. The summed E-state index contributed by atoms with van der Waals surface area (Å²) in [4.78, 5) is 22.5. The van der Waals surface area contributed by atoms with Crippen LogP contribution in [0, 0.1) is 0 Å². The number of carbonyl (C=O) groups excluding carboxylic acids is 2. The van der Waals surface area contributed by atoms with Crippen LogP contribution in [-0.2, 0) is 24.2 Å². The quantitative estimate of drug-likeness (QED) is 0.323. The topological polar surface area (TPSA) is 110 Å². The molecule has 124 valence electrons. The molecule has 1 saturated heterocycles. The van der Waals surface area contributed by atoms with Crippen molar-refractivity contribution >= 4 is 38.2 Å². The number of hydrogen-bond acceptors (Lipinski definition) is 6. The Morgan fingerprint density at radius 1 is 1.30 bits per heavy atom. The molecule has 23 heavy (non-hydrogen) atoms. The molecule has 3 aliphatic rings. The Morgan fingerprint density at radius 2 is 1.91 bits per heavy atom. The van der Waals surface area contributed by atoms with Crippen molar-refractivity contribution in [3.8, 4) is 0 Å². The predicted octanol–water partition coefficient (Wildman–Crippen LogP) is -2.45. The number of carbonyl (C=O) groups is 2. The van der Waals surface area contributed by atoms with Gasteiger partial charge in [-0.15, -0.1) is 9.69 Å². The Kier molecular flexibility index (Phi) is 3.40. The number of hydrazone groups is 2. The summed E-state index contributed by atoms with van der Waals surface area (Å²) in [6.45, 7) is 1.68. The fraction of sp³-hybridized carbons (Fsp3) is 0.615. The molecule has 0 aromatic heterocycles. The minimum absolute atomic E-state index is 0.123. The normalized spacial score (nSPS) is 29.4. The highest BCUT2D eigenvalue weighted by atomic mass is 32.2. The predicted molar refractivity (Wildman–Crippen MR) is 79.3 cm³/mol. The first kappa shape index (κ1) is 15.8. The Labute approximate surface area is 133 Å². The van der Waals surface area contributed by atoms with Crippen molar-refractivity contribution in [3.05, 3.63) is 0 Å². The molecule has 1 amide bonds. The highest BCUT2D eigenvalue weighted by Gasteiger charge is 2.61. The van der Waals surface area contributed by atoms with Gasteiger partial charge in [0.25, 0.3) is 5.71 Å². The van der Waals surface area contributed by atoms with E-state index in [0.29, 0.717) is 18.6 Å². The van der Waals surface area contributed by atoms with Crippen LogP contribution in [0.1, 0.15) is 32.6 Å². The van der Waals surface area contributed by atoms with Crippen LogP contribution in [-0.4, -0.2) is 65.5 Å². The van der Waals surface area contributed by atoms with Gasteiger partial charge in [0.05, 0.1) is 7.05 Å². The number of sulfone groups is 1. The number of amides is 1. The van der Waals surface area contributed by atoms with E-state index >= 15 is 0 Å². The molecule has 2 aliphatic heterocycles. The number of ether oxygens (including phenoxy) is 1. The molecule has 0 aromatic rings. The molecule has 2 fully saturated rings. The number of hydrogen-bond donors (Lipinski definition) is 1. The van der Waals surface area contributed by atoms with E-state index in [0.717, 1.165) is 0 Å². The molecule has 0 aromatic carbocycles.